The highest BCUT2D eigenvalue weighted by Crippen LogP contribution is 2.19. The number of rotatable bonds is 7. The zero-order valence-corrected chi connectivity index (χ0v) is 11.3. The van der Waals surface area contributed by atoms with Gasteiger partial charge in [-0.3, -0.25) is 4.98 Å². The van der Waals surface area contributed by atoms with Crippen LogP contribution in [0, 0.1) is 0 Å². The molecule has 0 aliphatic carbocycles. The predicted octanol–water partition coefficient (Wildman–Crippen LogP) is 3.16. The molecule has 1 heterocycles. The molecule has 0 fully saturated rings. The number of aromatic nitrogens is 1. The quantitative estimate of drug-likeness (QED) is 0.773. The lowest BCUT2D eigenvalue weighted by atomic mass is 10.2. The number of ether oxygens (including phenoxy) is 1. The molecule has 2 rings (SSSR count). The monoisotopic (exact) mass is 256 g/mol. The van der Waals surface area contributed by atoms with Gasteiger partial charge in [0.2, 0.25) is 0 Å². The summed E-state index contributed by atoms with van der Waals surface area (Å²) in [5.41, 5.74) is 2.28. The van der Waals surface area contributed by atoms with Gasteiger partial charge in [-0.2, -0.15) is 0 Å². The molecular weight excluding hydrogens is 236 g/mol. The Labute approximate surface area is 114 Å². The van der Waals surface area contributed by atoms with Crippen molar-refractivity contribution < 1.29 is 4.74 Å². The number of hydrogen-bond acceptors (Lipinski definition) is 3. The van der Waals surface area contributed by atoms with Crippen molar-refractivity contribution in [3.8, 4) is 5.75 Å². The first-order valence-corrected chi connectivity index (χ1v) is 6.70. The molecular formula is C16H20N2O. The standard InChI is InChI=1S/C16H20N2O/c1-2-9-17-12-15-7-3-4-8-16(15)19-13-14-6-5-10-18-11-14/h3-8,10-11,17H,2,9,12-13H2,1H3. The normalized spacial score (nSPS) is 10.4. The van der Waals surface area contributed by atoms with Gasteiger partial charge in [-0.15, -0.1) is 0 Å². The molecule has 19 heavy (non-hydrogen) atoms. The highest BCUT2D eigenvalue weighted by Gasteiger charge is 2.02. The van der Waals surface area contributed by atoms with Crippen molar-refractivity contribution >= 4 is 0 Å². The van der Waals surface area contributed by atoms with Crippen molar-refractivity contribution in [2.75, 3.05) is 6.54 Å². The van der Waals surface area contributed by atoms with E-state index < -0.39 is 0 Å². The number of pyridine rings is 1. The molecule has 0 unspecified atom stereocenters. The molecule has 0 aliphatic heterocycles. The molecule has 1 aromatic heterocycles. The largest absolute Gasteiger partial charge is 0.489 e. The average molecular weight is 256 g/mol. The molecule has 0 radical (unpaired) electrons. The topological polar surface area (TPSA) is 34.1 Å². The number of para-hydroxylation sites is 1. The summed E-state index contributed by atoms with van der Waals surface area (Å²) in [5.74, 6) is 0.940. The Morgan fingerprint density at radius 3 is 2.84 bits per heavy atom. The zero-order valence-electron chi connectivity index (χ0n) is 11.3. The summed E-state index contributed by atoms with van der Waals surface area (Å²) in [6, 6.07) is 12.1. The first-order valence-electron chi connectivity index (χ1n) is 6.70. The number of hydrogen-bond donors (Lipinski definition) is 1. The predicted molar refractivity (Wildman–Crippen MR) is 77.0 cm³/mol. The third-order valence-corrected chi connectivity index (χ3v) is 2.83. The van der Waals surface area contributed by atoms with Crippen molar-refractivity contribution in [3.05, 3.63) is 59.9 Å². The second-order valence-corrected chi connectivity index (χ2v) is 4.43. The van der Waals surface area contributed by atoms with Crippen LogP contribution in [-0.2, 0) is 13.2 Å². The van der Waals surface area contributed by atoms with E-state index in [4.69, 9.17) is 4.74 Å². The molecule has 0 atom stereocenters. The Bertz CT molecular complexity index is 485. The van der Waals surface area contributed by atoms with Gasteiger partial charge in [0.05, 0.1) is 0 Å². The van der Waals surface area contributed by atoms with E-state index in [0.29, 0.717) is 6.61 Å². The van der Waals surface area contributed by atoms with Crippen LogP contribution in [0.15, 0.2) is 48.8 Å². The summed E-state index contributed by atoms with van der Waals surface area (Å²) < 4.78 is 5.87. The number of nitrogens with one attached hydrogen (secondary N) is 1. The zero-order chi connectivity index (χ0) is 13.3. The molecule has 0 amide bonds. The van der Waals surface area contributed by atoms with Crippen molar-refractivity contribution in [3.63, 3.8) is 0 Å². The van der Waals surface area contributed by atoms with Gasteiger partial charge >= 0.3 is 0 Å². The third kappa shape index (κ3) is 4.38. The van der Waals surface area contributed by atoms with Crippen LogP contribution in [0.2, 0.25) is 0 Å². The van der Waals surface area contributed by atoms with Crippen LogP contribution in [0.5, 0.6) is 5.75 Å². The summed E-state index contributed by atoms with van der Waals surface area (Å²) in [5, 5.41) is 3.40. The lowest BCUT2D eigenvalue weighted by molar-refractivity contribution is 0.301. The van der Waals surface area contributed by atoms with Gasteiger partial charge in [0.15, 0.2) is 0 Å². The van der Waals surface area contributed by atoms with Crippen LogP contribution < -0.4 is 10.1 Å². The van der Waals surface area contributed by atoms with Crippen LogP contribution in [0.3, 0.4) is 0 Å². The summed E-state index contributed by atoms with van der Waals surface area (Å²) in [6.07, 6.45) is 4.74. The Kier molecular flexibility index (Phi) is 5.38. The molecule has 0 saturated heterocycles. The Balaban J connectivity index is 1.95. The fourth-order valence-corrected chi connectivity index (χ4v) is 1.84. The fraction of sp³-hybridized carbons (Fsp3) is 0.312. The maximum atomic E-state index is 5.87. The maximum Gasteiger partial charge on any atom is 0.124 e. The Morgan fingerprint density at radius 2 is 2.05 bits per heavy atom. The highest BCUT2D eigenvalue weighted by molar-refractivity contribution is 5.33. The molecule has 0 spiro atoms. The summed E-state index contributed by atoms with van der Waals surface area (Å²) in [7, 11) is 0. The van der Waals surface area contributed by atoms with Crippen LogP contribution in [-0.4, -0.2) is 11.5 Å². The van der Waals surface area contributed by atoms with Gasteiger partial charge in [0, 0.05) is 30.1 Å². The first kappa shape index (κ1) is 13.6. The summed E-state index contributed by atoms with van der Waals surface area (Å²) >= 11 is 0. The Morgan fingerprint density at radius 1 is 1.16 bits per heavy atom. The third-order valence-electron chi connectivity index (χ3n) is 2.83. The molecule has 3 heteroatoms. The molecule has 1 N–H and O–H groups in total. The van der Waals surface area contributed by atoms with E-state index in [2.05, 4.69) is 23.3 Å². The van der Waals surface area contributed by atoms with Gasteiger partial charge in [-0.1, -0.05) is 31.2 Å². The lowest BCUT2D eigenvalue weighted by Gasteiger charge is -2.11. The van der Waals surface area contributed by atoms with Crippen molar-refractivity contribution in [2.24, 2.45) is 0 Å². The SMILES string of the molecule is CCCNCc1ccccc1OCc1cccnc1. The van der Waals surface area contributed by atoms with E-state index in [1.165, 1.54) is 5.56 Å². The molecule has 3 nitrogen and oxygen atoms in total. The minimum Gasteiger partial charge on any atom is -0.489 e. The smallest absolute Gasteiger partial charge is 0.124 e. The van der Waals surface area contributed by atoms with E-state index >= 15 is 0 Å². The van der Waals surface area contributed by atoms with E-state index in [-0.39, 0.29) is 0 Å². The van der Waals surface area contributed by atoms with E-state index in [9.17, 15) is 0 Å². The van der Waals surface area contributed by atoms with E-state index in [1.807, 2.05) is 36.5 Å². The molecule has 0 saturated carbocycles. The lowest BCUT2D eigenvalue weighted by Crippen LogP contribution is -2.14. The van der Waals surface area contributed by atoms with Gasteiger partial charge in [-0.25, -0.2) is 0 Å². The van der Waals surface area contributed by atoms with E-state index in [1.54, 1.807) is 6.20 Å². The number of nitrogens with zero attached hydrogens (tertiary/aromatic N) is 1. The molecule has 0 aliphatic rings. The van der Waals surface area contributed by atoms with Gasteiger partial charge < -0.3 is 10.1 Å². The minimum absolute atomic E-state index is 0.554. The second-order valence-electron chi connectivity index (χ2n) is 4.43. The molecule has 100 valence electrons. The maximum absolute atomic E-state index is 5.87. The molecule has 2 aromatic rings. The number of benzene rings is 1. The van der Waals surface area contributed by atoms with Gasteiger partial charge in [0.25, 0.3) is 0 Å². The van der Waals surface area contributed by atoms with Crippen LogP contribution in [0.25, 0.3) is 0 Å². The molecule has 0 bridgehead atoms. The minimum atomic E-state index is 0.554. The average Bonchev–Trinajstić information content (AvgIpc) is 2.48. The van der Waals surface area contributed by atoms with Gasteiger partial charge in [0.1, 0.15) is 12.4 Å². The van der Waals surface area contributed by atoms with Gasteiger partial charge in [-0.05, 0) is 25.1 Å². The first-order chi connectivity index (χ1) is 9.40. The van der Waals surface area contributed by atoms with E-state index in [0.717, 1.165) is 30.8 Å². The molecule has 1 aromatic carbocycles. The second kappa shape index (κ2) is 7.54. The van der Waals surface area contributed by atoms with Crippen molar-refractivity contribution in [1.82, 2.24) is 10.3 Å². The Hall–Kier alpha value is -1.87. The van der Waals surface area contributed by atoms with Crippen molar-refractivity contribution in [2.45, 2.75) is 26.5 Å². The van der Waals surface area contributed by atoms with Crippen LogP contribution >= 0.6 is 0 Å². The van der Waals surface area contributed by atoms with Crippen LogP contribution in [0.1, 0.15) is 24.5 Å². The summed E-state index contributed by atoms with van der Waals surface area (Å²) in [6.45, 7) is 4.59. The van der Waals surface area contributed by atoms with Crippen molar-refractivity contribution in [1.29, 1.82) is 0 Å². The summed E-state index contributed by atoms with van der Waals surface area (Å²) in [4.78, 5) is 4.09. The highest BCUT2D eigenvalue weighted by atomic mass is 16.5. The fourth-order valence-electron chi connectivity index (χ4n) is 1.84. The van der Waals surface area contributed by atoms with Crippen LogP contribution in [0.4, 0.5) is 0 Å².